The Morgan fingerprint density at radius 3 is 2.65 bits per heavy atom. The van der Waals surface area contributed by atoms with Crippen molar-refractivity contribution >= 4 is 5.91 Å². The van der Waals surface area contributed by atoms with E-state index in [4.69, 9.17) is 0 Å². The van der Waals surface area contributed by atoms with Crippen molar-refractivity contribution < 1.29 is 4.79 Å². The Bertz CT molecular complexity index is 962. The molecule has 6 rings (SSSR count). The first-order valence-electron chi connectivity index (χ1n) is 8.85. The number of aromatic nitrogens is 6. The fourth-order valence-electron chi connectivity index (χ4n) is 5.87. The zero-order valence-corrected chi connectivity index (χ0v) is 14.1. The molecule has 0 aliphatic heterocycles. The van der Waals surface area contributed by atoms with Gasteiger partial charge >= 0.3 is 5.69 Å². The van der Waals surface area contributed by atoms with Crippen molar-refractivity contribution in [2.45, 2.75) is 49.6 Å². The lowest BCUT2D eigenvalue weighted by molar-refractivity contribution is -0.0810. The van der Waals surface area contributed by atoms with Gasteiger partial charge in [0.15, 0.2) is 6.33 Å². The van der Waals surface area contributed by atoms with Crippen LogP contribution < -0.4 is 16.6 Å². The molecule has 4 aliphatic carbocycles. The Morgan fingerprint density at radius 1 is 1.23 bits per heavy atom. The third kappa shape index (κ3) is 2.24. The molecule has 4 saturated carbocycles. The van der Waals surface area contributed by atoms with Gasteiger partial charge < -0.3 is 10.3 Å². The maximum absolute atomic E-state index is 12.7. The summed E-state index contributed by atoms with van der Waals surface area (Å²) in [5, 5.41) is 15.4. The van der Waals surface area contributed by atoms with Gasteiger partial charge in [-0.1, -0.05) is 0 Å². The van der Waals surface area contributed by atoms with E-state index in [1.807, 2.05) is 0 Å². The largest absolute Gasteiger partial charge is 0.346 e. The van der Waals surface area contributed by atoms with Crippen LogP contribution in [0.2, 0.25) is 0 Å². The van der Waals surface area contributed by atoms with Gasteiger partial charge in [0.1, 0.15) is 5.56 Å². The SMILES string of the molecule is O=C(NC12C[C@H]3C[C@@H](C1)CC(n1ncnn1)(C3)C2)c1c[nH]c(=O)[nH]c1=O. The van der Waals surface area contributed by atoms with Gasteiger partial charge in [-0.3, -0.25) is 14.6 Å². The summed E-state index contributed by atoms with van der Waals surface area (Å²) in [5.74, 6) is 0.541. The van der Waals surface area contributed by atoms with Gasteiger partial charge in [-0.2, -0.15) is 4.80 Å². The second-order valence-electron chi connectivity index (χ2n) is 8.13. The first kappa shape index (κ1) is 15.5. The number of hydrogen-bond donors (Lipinski definition) is 3. The van der Waals surface area contributed by atoms with Gasteiger partial charge in [0.2, 0.25) is 0 Å². The molecule has 0 radical (unpaired) electrons. The highest BCUT2D eigenvalue weighted by Gasteiger charge is 2.60. The molecule has 2 aromatic heterocycles. The summed E-state index contributed by atoms with van der Waals surface area (Å²) < 4.78 is 0. The average molecular weight is 357 g/mol. The highest BCUT2D eigenvalue weighted by molar-refractivity contribution is 5.94. The van der Waals surface area contributed by atoms with Crippen molar-refractivity contribution in [1.82, 2.24) is 35.5 Å². The fourth-order valence-corrected chi connectivity index (χ4v) is 5.87. The average Bonchev–Trinajstić information content (AvgIpc) is 3.08. The highest BCUT2D eigenvalue weighted by atomic mass is 16.2. The molecule has 0 spiro atoms. The molecule has 4 fully saturated rings. The van der Waals surface area contributed by atoms with Crippen LogP contribution in [0, 0.1) is 11.8 Å². The molecule has 26 heavy (non-hydrogen) atoms. The zero-order chi connectivity index (χ0) is 17.9. The summed E-state index contributed by atoms with van der Waals surface area (Å²) in [6.45, 7) is 0. The van der Waals surface area contributed by atoms with Gasteiger partial charge in [0.25, 0.3) is 11.5 Å². The Morgan fingerprint density at radius 2 is 2.00 bits per heavy atom. The third-order valence-corrected chi connectivity index (χ3v) is 6.25. The number of rotatable bonds is 3. The molecule has 10 heteroatoms. The molecule has 1 amide bonds. The van der Waals surface area contributed by atoms with Crippen LogP contribution in [-0.2, 0) is 5.54 Å². The molecule has 4 bridgehead atoms. The summed E-state index contributed by atoms with van der Waals surface area (Å²) in [4.78, 5) is 42.1. The van der Waals surface area contributed by atoms with Crippen LogP contribution in [0.4, 0.5) is 0 Å². The predicted octanol–water partition coefficient (Wildman–Crippen LogP) is -0.472. The second kappa shape index (κ2) is 5.12. The maximum atomic E-state index is 12.7. The number of carbonyl (C=O) groups is 1. The minimum Gasteiger partial charge on any atom is -0.346 e. The van der Waals surface area contributed by atoms with Crippen LogP contribution in [-0.4, -0.2) is 41.6 Å². The molecule has 4 aliphatic rings. The number of hydrogen-bond acceptors (Lipinski definition) is 6. The minimum absolute atomic E-state index is 0.0757. The van der Waals surface area contributed by atoms with Crippen molar-refractivity contribution in [2.24, 2.45) is 11.8 Å². The van der Waals surface area contributed by atoms with Crippen molar-refractivity contribution in [2.75, 3.05) is 0 Å². The van der Waals surface area contributed by atoms with Crippen molar-refractivity contribution in [3.05, 3.63) is 38.9 Å². The number of H-pyrrole nitrogens is 2. The standard InChI is InChI=1S/C16H19N7O3/c24-12-11(6-17-14(26)20-12)13(25)21-15-2-9-1-10(3-15)5-16(4-9,7-15)23-19-8-18-22-23/h6,8-10H,1-5,7H2,(H,21,25)(H2,17,20,24,26)/t9-,10+,15?,16?. The van der Waals surface area contributed by atoms with E-state index in [0.29, 0.717) is 11.8 Å². The van der Waals surface area contributed by atoms with Crippen molar-refractivity contribution in [3.63, 3.8) is 0 Å². The van der Waals surface area contributed by atoms with Crippen LogP contribution in [0.15, 0.2) is 22.1 Å². The van der Waals surface area contributed by atoms with Crippen molar-refractivity contribution in [3.8, 4) is 0 Å². The van der Waals surface area contributed by atoms with Gasteiger partial charge in [-0.15, -0.1) is 10.2 Å². The second-order valence-corrected chi connectivity index (χ2v) is 8.13. The van der Waals surface area contributed by atoms with E-state index in [1.54, 1.807) is 4.80 Å². The number of aromatic amines is 2. The minimum atomic E-state index is -0.677. The van der Waals surface area contributed by atoms with Crippen LogP contribution in [0.3, 0.4) is 0 Å². The lowest BCUT2D eigenvalue weighted by Crippen LogP contribution is -2.66. The van der Waals surface area contributed by atoms with Gasteiger partial charge in [-0.05, 0) is 55.6 Å². The molecule has 4 atom stereocenters. The number of nitrogens with one attached hydrogen (secondary N) is 3. The van der Waals surface area contributed by atoms with Crippen LogP contribution in [0.25, 0.3) is 0 Å². The number of nitrogens with zero attached hydrogens (tertiary/aromatic N) is 4. The summed E-state index contributed by atoms with van der Waals surface area (Å²) >= 11 is 0. The van der Waals surface area contributed by atoms with Crippen molar-refractivity contribution in [1.29, 1.82) is 0 Å². The number of tetrazole rings is 1. The van der Waals surface area contributed by atoms with E-state index < -0.39 is 17.2 Å². The molecule has 0 aromatic carbocycles. The fraction of sp³-hybridized carbons (Fsp3) is 0.625. The maximum Gasteiger partial charge on any atom is 0.325 e. The molecular weight excluding hydrogens is 338 g/mol. The molecule has 136 valence electrons. The van der Waals surface area contributed by atoms with Gasteiger partial charge in [0, 0.05) is 11.7 Å². The van der Waals surface area contributed by atoms with Crippen LogP contribution in [0.1, 0.15) is 48.9 Å². The topological polar surface area (TPSA) is 138 Å². The number of carbonyl (C=O) groups excluding carboxylic acids is 1. The Kier molecular flexibility index (Phi) is 3.05. The number of amides is 1. The molecule has 0 saturated heterocycles. The van der Waals surface area contributed by atoms with E-state index in [2.05, 4.69) is 30.7 Å². The summed E-state index contributed by atoms with van der Waals surface area (Å²) in [7, 11) is 0. The van der Waals surface area contributed by atoms with E-state index in [1.165, 1.54) is 12.5 Å². The van der Waals surface area contributed by atoms with E-state index in [0.717, 1.165) is 38.5 Å². The Labute approximate surface area is 147 Å². The smallest absolute Gasteiger partial charge is 0.325 e. The Balaban J connectivity index is 1.48. The lowest BCUT2D eigenvalue weighted by Gasteiger charge is -2.61. The molecule has 3 N–H and O–H groups in total. The Hall–Kier alpha value is -2.78. The molecule has 2 heterocycles. The lowest BCUT2D eigenvalue weighted by atomic mass is 9.50. The summed E-state index contributed by atoms with van der Waals surface area (Å²) in [5.41, 5.74) is -1.97. The van der Waals surface area contributed by atoms with E-state index >= 15 is 0 Å². The molecule has 2 unspecified atom stereocenters. The summed E-state index contributed by atoms with van der Waals surface area (Å²) in [6.07, 6.45) is 8.30. The third-order valence-electron chi connectivity index (χ3n) is 6.25. The predicted molar refractivity (Wildman–Crippen MR) is 88.4 cm³/mol. The van der Waals surface area contributed by atoms with Gasteiger partial charge in [0.05, 0.1) is 5.54 Å². The highest BCUT2D eigenvalue weighted by Crippen LogP contribution is 2.60. The quantitative estimate of drug-likeness (QED) is 0.679. The first-order chi connectivity index (χ1) is 12.5. The van der Waals surface area contributed by atoms with Crippen LogP contribution >= 0.6 is 0 Å². The molecular formula is C16H19N7O3. The monoisotopic (exact) mass is 357 g/mol. The van der Waals surface area contributed by atoms with E-state index in [-0.39, 0.29) is 16.6 Å². The zero-order valence-electron chi connectivity index (χ0n) is 14.1. The normalized spacial score (nSPS) is 34.8. The van der Waals surface area contributed by atoms with E-state index in [9.17, 15) is 14.4 Å². The first-order valence-corrected chi connectivity index (χ1v) is 8.85. The molecule has 10 nitrogen and oxygen atoms in total. The van der Waals surface area contributed by atoms with Gasteiger partial charge in [-0.25, -0.2) is 4.79 Å². The van der Waals surface area contributed by atoms with Crippen LogP contribution in [0.5, 0.6) is 0 Å². The molecule has 2 aromatic rings. The summed E-state index contributed by atoms with van der Waals surface area (Å²) in [6, 6.07) is 0.